The molecule has 0 aliphatic rings. The number of hydrogen-bond donors (Lipinski definition) is 2. The highest BCUT2D eigenvalue weighted by atomic mass is 16.5. The van der Waals surface area contributed by atoms with Gasteiger partial charge in [-0.2, -0.15) is 0 Å². The van der Waals surface area contributed by atoms with Crippen LogP contribution in [0.5, 0.6) is 11.5 Å². The van der Waals surface area contributed by atoms with E-state index in [0.717, 1.165) is 5.57 Å². The number of hydrogen-bond acceptors (Lipinski definition) is 4. The van der Waals surface area contributed by atoms with Crippen molar-refractivity contribution in [3.63, 3.8) is 0 Å². The molecule has 0 bridgehead atoms. The number of anilines is 2. The zero-order valence-corrected chi connectivity index (χ0v) is 15.3. The van der Waals surface area contributed by atoms with E-state index in [2.05, 4.69) is 10.6 Å². The number of amides is 2. The second kappa shape index (κ2) is 8.71. The summed E-state index contributed by atoms with van der Waals surface area (Å²) in [4.78, 5) is 24.4. The van der Waals surface area contributed by atoms with E-state index < -0.39 is 0 Å². The zero-order chi connectivity index (χ0) is 19.1. The van der Waals surface area contributed by atoms with Gasteiger partial charge < -0.3 is 20.1 Å². The third-order valence-electron chi connectivity index (χ3n) is 3.48. The quantitative estimate of drug-likeness (QED) is 0.772. The third kappa shape index (κ3) is 4.86. The van der Waals surface area contributed by atoms with Gasteiger partial charge in [-0.3, -0.25) is 9.59 Å². The maximum absolute atomic E-state index is 12.4. The van der Waals surface area contributed by atoms with Gasteiger partial charge in [-0.1, -0.05) is 23.8 Å². The Hall–Kier alpha value is -3.28. The Morgan fingerprint density at radius 2 is 1.42 bits per heavy atom. The molecule has 2 aromatic rings. The normalized spacial score (nSPS) is 9.85. The van der Waals surface area contributed by atoms with E-state index in [1.807, 2.05) is 19.9 Å². The van der Waals surface area contributed by atoms with E-state index in [1.54, 1.807) is 36.4 Å². The number of benzene rings is 2. The maximum atomic E-state index is 12.4. The molecule has 26 heavy (non-hydrogen) atoms. The fraction of sp³-hybridized carbons (Fsp3) is 0.200. The van der Waals surface area contributed by atoms with E-state index in [1.165, 1.54) is 20.3 Å². The van der Waals surface area contributed by atoms with Crippen LogP contribution in [0, 0.1) is 0 Å². The molecule has 136 valence electrons. The lowest BCUT2D eigenvalue weighted by Gasteiger charge is -2.16. The van der Waals surface area contributed by atoms with E-state index >= 15 is 0 Å². The molecule has 0 atom stereocenters. The van der Waals surface area contributed by atoms with Gasteiger partial charge in [0.05, 0.1) is 25.6 Å². The van der Waals surface area contributed by atoms with Crippen molar-refractivity contribution in [2.45, 2.75) is 13.8 Å². The molecule has 0 aliphatic heterocycles. The first-order valence-corrected chi connectivity index (χ1v) is 8.03. The van der Waals surface area contributed by atoms with Crippen molar-refractivity contribution in [3.05, 3.63) is 59.7 Å². The summed E-state index contributed by atoms with van der Waals surface area (Å²) in [6, 6.07) is 12.1. The average Bonchev–Trinajstić information content (AvgIpc) is 2.62. The average molecular weight is 354 g/mol. The van der Waals surface area contributed by atoms with Crippen molar-refractivity contribution in [1.82, 2.24) is 0 Å². The Balaban J connectivity index is 2.32. The van der Waals surface area contributed by atoms with Crippen LogP contribution >= 0.6 is 0 Å². The summed E-state index contributed by atoms with van der Waals surface area (Å²) in [5.41, 5.74) is 2.29. The van der Waals surface area contributed by atoms with Gasteiger partial charge in [0, 0.05) is 23.8 Å². The SMILES string of the molecule is COc1cc(NC(=O)c2ccccc2)c(OC)cc1NC(=O)C=C(C)C. The van der Waals surface area contributed by atoms with Crippen molar-refractivity contribution in [3.8, 4) is 11.5 Å². The molecule has 0 radical (unpaired) electrons. The molecular weight excluding hydrogens is 332 g/mol. The third-order valence-corrected chi connectivity index (χ3v) is 3.48. The lowest BCUT2D eigenvalue weighted by molar-refractivity contribution is -0.112. The van der Waals surface area contributed by atoms with Gasteiger partial charge in [-0.15, -0.1) is 0 Å². The molecule has 0 aliphatic carbocycles. The summed E-state index contributed by atoms with van der Waals surface area (Å²) in [5.74, 6) is 0.269. The molecule has 2 rings (SSSR count). The van der Waals surface area contributed by atoms with Gasteiger partial charge in [-0.25, -0.2) is 0 Å². The van der Waals surface area contributed by atoms with E-state index in [0.29, 0.717) is 28.4 Å². The number of carbonyl (C=O) groups is 2. The molecule has 6 heteroatoms. The summed E-state index contributed by atoms with van der Waals surface area (Å²) in [6.07, 6.45) is 1.48. The van der Waals surface area contributed by atoms with E-state index in [-0.39, 0.29) is 11.8 Å². The fourth-order valence-electron chi connectivity index (χ4n) is 2.31. The zero-order valence-electron chi connectivity index (χ0n) is 15.3. The van der Waals surface area contributed by atoms with Crippen LogP contribution in [-0.2, 0) is 4.79 Å². The predicted molar refractivity (Wildman–Crippen MR) is 102 cm³/mol. The number of rotatable bonds is 6. The Morgan fingerprint density at radius 1 is 0.885 bits per heavy atom. The minimum absolute atomic E-state index is 0.271. The van der Waals surface area contributed by atoms with Crippen LogP contribution in [0.1, 0.15) is 24.2 Å². The van der Waals surface area contributed by atoms with Crippen molar-refractivity contribution >= 4 is 23.2 Å². The minimum atomic E-state index is -0.272. The summed E-state index contributed by atoms with van der Waals surface area (Å²) >= 11 is 0. The largest absolute Gasteiger partial charge is 0.494 e. The summed E-state index contributed by atoms with van der Waals surface area (Å²) in [5, 5.41) is 5.54. The number of methoxy groups -OCH3 is 2. The second-order valence-electron chi connectivity index (χ2n) is 5.78. The standard InChI is InChI=1S/C20H22N2O4/c1-13(2)10-19(23)21-15-11-18(26-4)16(12-17(15)25-3)22-20(24)14-8-6-5-7-9-14/h5-12H,1-4H3,(H,21,23)(H,22,24). The molecule has 2 N–H and O–H groups in total. The van der Waals surface area contributed by atoms with Crippen LogP contribution in [-0.4, -0.2) is 26.0 Å². The Morgan fingerprint density at radius 3 is 1.92 bits per heavy atom. The molecule has 6 nitrogen and oxygen atoms in total. The van der Waals surface area contributed by atoms with Gasteiger partial charge >= 0.3 is 0 Å². The first kappa shape index (κ1) is 19.1. The second-order valence-corrected chi connectivity index (χ2v) is 5.78. The highest BCUT2D eigenvalue weighted by Crippen LogP contribution is 2.36. The van der Waals surface area contributed by atoms with E-state index in [4.69, 9.17) is 9.47 Å². The van der Waals surface area contributed by atoms with Gasteiger partial charge in [-0.05, 0) is 26.0 Å². The number of nitrogens with one attached hydrogen (secondary N) is 2. The predicted octanol–water partition coefficient (Wildman–Crippen LogP) is 3.86. The first-order valence-electron chi connectivity index (χ1n) is 8.03. The highest BCUT2D eigenvalue weighted by molar-refractivity contribution is 6.06. The molecule has 0 saturated carbocycles. The number of allylic oxidation sites excluding steroid dienone is 1. The number of carbonyl (C=O) groups excluding carboxylic acids is 2. The van der Waals surface area contributed by atoms with Crippen LogP contribution in [0.15, 0.2) is 54.1 Å². The molecule has 0 aromatic heterocycles. The Bertz CT molecular complexity index is 825. The number of ether oxygens (including phenoxy) is 2. The van der Waals surface area contributed by atoms with Crippen molar-refractivity contribution in [1.29, 1.82) is 0 Å². The van der Waals surface area contributed by atoms with E-state index in [9.17, 15) is 9.59 Å². The van der Waals surface area contributed by atoms with Gasteiger partial charge in [0.25, 0.3) is 5.91 Å². The molecular formula is C20H22N2O4. The minimum Gasteiger partial charge on any atom is -0.494 e. The van der Waals surface area contributed by atoms with Crippen molar-refractivity contribution < 1.29 is 19.1 Å². The Labute approximate surface area is 152 Å². The molecule has 2 amide bonds. The Kier molecular flexibility index (Phi) is 6.38. The lowest BCUT2D eigenvalue weighted by Crippen LogP contribution is -2.14. The van der Waals surface area contributed by atoms with Gasteiger partial charge in [0.1, 0.15) is 11.5 Å². The smallest absolute Gasteiger partial charge is 0.255 e. The summed E-state index contributed by atoms with van der Waals surface area (Å²) < 4.78 is 10.7. The maximum Gasteiger partial charge on any atom is 0.255 e. The van der Waals surface area contributed by atoms with Gasteiger partial charge in [0.2, 0.25) is 5.91 Å². The van der Waals surface area contributed by atoms with Crippen LogP contribution < -0.4 is 20.1 Å². The van der Waals surface area contributed by atoms with Crippen molar-refractivity contribution in [2.24, 2.45) is 0 Å². The van der Waals surface area contributed by atoms with Crippen LogP contribution in [0.3, 0.4) is 0 Å². The molecule has 0 fully saturated rings. The molecule has 0 spiro atoms. The monoisotopic (exact) mass is 354 g/mol. The van der Waals surface area contributed by atoms with Crippen LogP contribution in [0.25, 0.3) is 0 Å². The molecule has 0 unspecified atom stereocenters. The summed E-state index contributed by atoms with van der Waals surface area (Å²) in [6.45, 7) is 3.67. The van der Waals surface area contributed by atoms with Crippen molar-refractivity contribution in [2.75, 3.05) is 24.9 Å². The van der Waals surface area contributed by atoms with Crippen LogP contribution in [0.2, 0.25) is 0 Å². The molecule has 0 saturated heterocycles. The van der Waals surface area contributed by atoms with Crippen LogP contribution in [0.4, 0.5) is 11.4 Å². The van der Waals surface area contributed by atoms with Gasteiger partial charge in [0.15, 0.2) is 0 Å². The summed E-state index contributed by atoms with van der Waals surface area (Å²) in [7, 11) is 2.98. The highest BCUT2D eigenvalue weighted by Gasteiger charge is 2.15. The molecule has 2 aromatic carbocycles. The fourth-order valence-corrected chi connectivity index (χ4v) is 2.31. The lowest BCUT2D eigenvalue weighted by atomic mass is 10.2. The molecule has 0 heterocycles. The first-order chi connectivity index (χ1) is 12.4. The topological polar surface area (TPSA) is 76.7 Å².